The van der Waals surface area contributed by atoms with Crippen molar-refractivity contribution < 1.29 is 14.3 Å². The van der Waals surface area contributed by atoms with Crippen LogP contribution >= 0.6 is 11.8 Å². The lowest BCUT2D eigenvalue weighted by atomic mass is 10.1. The van der Waals surface area contributed by atoms with Gasteiger partial charge in [-0.05, 0) is 24.3 Å². The lowest BCUT2D eigenvalue weighted by Gasteiger charge is -2.25. The van der Waals surface area contributed by atoms with E-state index >= 15 is 0 Å². The molecule has 0 radical (unpaired) electrons. The van der Waals surface area contributed by atoms with E-state index in [-0.39, 0.29) is 0 Å². The first-order valence-corrected chi connectivity index (χ1v) is 6.93. The lowest BCUT2D eigenvalue weighted by molar-refractivity contribution is -0.126. The molecule has 0 N–H and O–H groups in total. The lowest BCUT2D eigenvalue weighted by Crippen LogP contribution is -2.41. The van der Waals surface area contributed by atoms with Gasteiger partial charge in [-0.1, -0.05) is 0 Å². The molecule has 0 unspecified atom stereocenters. The smallest absolute Gasteiger partial charge is 0.295 e. The fourth-order valence-corrected chi connectivity index (χ4v) is 2.68. The number of methoxy groups -OCH3 is 1. The quantitative estimate of drug-likeness (QED) is 0.613. The van der Waals surface area contributed by atoms with Gasteiger partial charge in [0.2, 0.25) is 5.78 Å². The molecule has 0 bridgehead atoms. The van der Waals surface area contributed by atoms with Gasteiger partial charge in [-0.2, -0.15) is 11.8 Å². The van der Waals surface area contributed by atoms with E-state index in [4.69, 9.17) is 4.74 Å². The van der Waals surface area contributed by atoms with E-state index in [1.165, 1.54) is 0 Å². The van der Waals surface area contributed by atoms with E-state index in [9.17, 15) is 9.59 Å². The third-order valence-corrected chi connectivity index (χ3v) is 3.79. The van der Waals surface area contributed by atoms with Crippen molar-refractivity contribution in [3.05, 3.63) is 29.8 Å². The number of Topliss-reactive ketones (excluding diaryl/α,β-unsaturated/α-hetero) is 1. The van der Waals surface area contributed by atoms with Gasteiger partial charge in [0.25, 0.3) is 5.91 Å². The van der Waals surface area contributed by atoms with Crippen LogP contribution in [0.5, 0.6) is 5.75 Å². The molecule has 0 saturated carbocycles. The van der Waals surface area contributed by atoms with Crippen LogP contribution in [0.3, 0.4) is 0 Å². The van der Waals surface area contributed by atoms with Gasteiger partial charge in [-0.3, -0.25) is 9.59 Å². The Morgan fingerprint density at radius 3 is 2.33 bits per heavy atom. The van der Waals surface area contributed by atoms with Crippen LogP contribution in [-0.2, 0) is 4.79 Å². The van der Waals surface area contributed by atoms with Gasteiger partial charge in [0.15, 0.2) is 0 Å². The van der Waals surface area contributed by atoms with Gasteiger partial charge in [-0.25, -0.2) is 0 Å². The van der Waals surface area contributed by atoms with Crippen LogP contribution in [0.1, 0.15) is 10.4 Å². The highest BCUT2D eigenvalue weighted by molar-refractivity contribution is 7.99. The van der Waals surface area contributed by atoms with Crippen LogP contribution < -0.4 is 4.74 Å². The molecule has 2 rings (SSSR count). The molecule has 0 spiro atoms. The molecular weight excluding hydrogens is 250 g/mol. The minimum Gasteiger partial charge on any atom is -0.497 e. The van der Waals surface area contributed by atoms with Crippen molar-refractivity contribution in [1.82, 2.24) is 4.90 Å². The van der Waals surface area contributed by atoms with Gasteiger partial charge in [0.05, 0.1) is 7.11 Å². The molecule has 1 aromatic carbocycles. The average Bonchev–Trinajstić information content (AvgIpc) is 2.47. The highest BCUT2D eigenvalue weighted by Gasteiger charge is 2.24. The number of rotatable bonds is 3. The number of ketones is 1. The molecule has 1 amide bonds. The number of carbonyl (C=O) groups is 2. The average molecular weight is 265 g/mol. The van der Waals surface area contributed by atoms with E-state index in [1.807, 2.05) is 0 Å². The summed E-state index contributed by atoms with van der Waals surface area (Å²) in [5, 5.41) is 0. The molecule has 1 fully saturated rings. The molecule has 18 heavy (non-hydrogen) atoms. The number of carbonyl (C=O) groups excluding carboxylic acids is 2. The summed E-state index contributed by atoms with van der Waals surface area (Å²) in [6.07, 6.45) is 0. The Hall–Kier alpha value is -1.49. The van der Waals surface area contributed by atoms with Gasteiger partial charge >= 0.3 is 0 Å². The SMILES string of the molecule is COc1ccc(C(=O)C(=O)N2CCSCC2)cc1. The molecule has 1 heterocycles. The number of amides is 1. The van der Waals surface area contributed by atoms with Gasteiger partial charge in [0.1, 0.15) is 5.75 Å². The molecule has 0 atom stereocenters. The highest BCUT2D eigenvalue weighted by Crippen LogP contribution is 2.14. The summed E-state index contributed by atoms with van der Waals surface area (Å²) in [5.74, 6) is 1.64. The third-order valence-electron chi connectivity index (χ3n) is 2.84. The normalized spacial score (nSPS) is 15.3. The maximum atomic E-state index is 12.0. The number of nitrogens with zero attached hydrogens (tertiary/aromatic N) is 1. The van der Waals surface area contributed by atoms with E-state index < -0.39 is 11.7 Å². The van der Waals surface area contributed by atoms with Crippen LogP contribution in [0.15, 0.2) is 24.3 Å². The standard InChI is InChI=1S/C13H15NO3S/c1-17-11-4-2-10(3-5-11)12(15)13(16)14-6-8-18-9-7-14/h2-5H,6-9H2,1H3. The van der Waals surface area contributed by atoms with Crippen LogP contribution in [0.4, 0.5) is 0 Å². The van der Waals surface area contributed by atoms with Crippen LogP contribution in [0.25, 0.3) is 0 Å². The van der Waals surface area contributed by atoms with Crippen LogP contribution in [0.2, 0.25) is 0 Å². The van der Waals surface area contributed by atoms with Crippen molar-refractivity contribution in [2.45, 2.75) is 0 Å². The molecule has 5 heteroatoms. The first kappa shape index (κ1) is 13.0. The second-order valence-corrected chi connectivity index (χ2v) is 5.19. The molecule has 0 aromatic heterocycles. The van der Waals surface area contributed by atoms with Crippen molar-refractivity contribution in [2.75, 3.05) is 31.7 Å². The van der Waals surface area contributed by atoms with E-state index in [0.717, 1.165) is 11.5 Å². The number of ether oxygens (including phenoxy) is 1. The fourth-order valence-electron chi connectivity index (χ4n) is 1.78. The predicted octanol–water partition coefficient (Wildman–Crippen LogP) is 1.45. The first-order chi connectivity index (χ1) is 8.72. The minimum absolute atomic E-state index is 0.402. The molecule has 1 aliphatic rings. The maximum Gasteiger partial charge on any atom is 0.295 e. The Bertz CT molecular complexity index is 438. The maximum absolute atomic E-state index is 12.0. The zero-order chi connectivity index (χ0) is 13.0. The Balaban J connectivity index is 2.07. The summed E-state index contributed by atoms with van der Waals surface area (Å²) in [7, 11) is 1.56. The Labute approximate surface area is 110 Å². The van der Waals surface area contributed by atoms with Gasteiger partial charge in [0, 0.05) is 30.2 Å². The van der Waals surface area contributed by atoms with Crippen LogP contribution in [-0.4, -0.2) is 48.3 Å². The summed E-state index contributed by atoms with van der Waals surface area (Å²) in [6.45, 7) is 1.32. The number of hydrogen-bond donors (Lipinski definition) is 0. The van der Waals surface area contributed by atoms with Crippen molar-refractivity contribution in [1.29, 1.82) is 0 Å². The summed E-state index contributed by atoms with van der Waals surface area (Å²) < 4.78 is 5.02. The predicted molar refractivity (Wildman–Crippen MR) is 71.2 cm³/mol. The molecular formula is C13H15NO3S. The zero-order valence-corrected chi connectivity index (χ0v) is 11.0. The summed E-state index contributed by atoms with van der Waals surface area (Å²) in [4.78, 5) is 25.6. The Morgan fingerprint density at radius 1 is 1.17 bits per heavy atom. The second-order valence-electron chi connectivity index (χ2n) is 3.96. The molecule has 1 aliphatic heterocycles. The topological polar surface area (TPSA) is 46.6 Å². The van der Waals surface area contributed by atoms with Crippen molar-refractivity contribution in [2.24, 2.45) is 0 Å². The number of hydrogen-bond acceptors (Lipinski definition) is 4. The summed E-state index contributed by atoms with van der Waals surface area (Å²) >= 11 is 1.81. The molecule has 4 nitrogen and oxygen atoms in total. The van der Waals surface area contributed by atoms with Gasteiger partial charge < -0.3 is 9.64 Å². The number of benzene rings is 1. The Kier molecular flexibility index (Phi) is 4.25. The van der Waals surface area contributed by atoms with Gasteiger partial charge in [-0.15, -0.1) is 0 Å². The number of thioether (sulfide) groups is 1. The molecule has 96 valence electrons. The highest BCUT2D eigenvalue weighted by atomic mass is 32.2. The molecule has 1 saturated heterocycles. The van der Waals surface area contributed by atoms with Crippen LogP contribution in [0, 0.1) is 0 Å². The fraction of sp³-hybridized carbons (Fsp3) is 0.385. The van der Waals surface area contributed by atoms with E-state index in [0.29, 0.717) is 24.4 Å². The molecule has 1 aromatic rings. The Morgan fingerprint density at radius 2 is 1.78 bits per heavy atom. The van der Waals surface area contributed by atoms with Crippen molar-refractivity contribution in [3.63, 3.8) is 0 Å². The minimum atomic E-state index is -0.440. The van der Waals surface area contributed by atoms with Crippen molar-refractivity contribution >= 4 is 23.5 Å². The van der Waals surface area contributed by atoms with E-state index in [1.54, 1.807) is 48.0 Å². The summed E-state index contributed by atoms with van der Waals surface area (Å²) in [6, 6.07) is 6.62. The second kappa shape index (κ2) is 5.91. The molecule has 0 aliphatic carbocycles. The first-order valence-electron chi connectivity index (χ1n) is 5.78. The summed E-state index contributed by atoms with van der Waals surface area (Å²) in [5.41, 5.74) is 0.416. The zero-order valence-electron chi connectivity index (χ0n) is 10.2. The monoisotopic (exact) mass is 265 g/mol. The third kappa shape index (κ3) is 2.85. The van der Waals surface area contributed by atoms with E-state index in [2.05, 4.69) is 0 Å². The largest absolute Gasteiger partial charge is 0.497 e. The van der Waals surface area contributed by atoms with Crippen molar-refractivity contribution in [3.8, 4) is 5.75 Å².